The third kappa shape index (κ3) is 2.51. The van der Waals surface area contributed by atoms with Gasteiger partial charge in [-0.25, -0.2) is 0 Å². The van der Waals surface area contributed by atoms with E-state index in [1.54, 1.807) is 0 Å². The molecule has 0 bridgehead atoms. The first-order valence-corrected chi connectivity index (χ1v) is 6.08. The summed E-state index contributed by atoms with van der Waals surface area (Å²) >= 11 is 5.85. The van der Waals surface area contributed by atoms with Gasteiger partial charge in [-0.1, -0.05) is 27.7 Å². The van der Waals surface area contributed by atoms with Crippen molar-refractivity contribution >= 4 is 11.6 Å². The minimum absolute atomic E-state index is 0.0759. The van der Waals surface area contributed by atoms with E-state index in [9.17, 15) is 0 Å². The van der Waals surface area contributed by atoms with E-state index in [-0.39, 0.29) is 5.41 Å². The molecule has 0 aliphatic carbocycles. The summed E-state index contributed by atoms with van der Waals surface area (Å²) in [4.78, 5) is 0. The van der Waals surface area contributed by atoms with E-state index in [2.05, 4.69) is 42.5 Å². The molecule has 0 fully saturated rings. The van der Waals surface area contributed by atoms with Gasteiger partial charge in [-0.3, -0.25) is 0 Å². The van der Waals surface area contributed by atoms with Gasteiger partial charge in [0.2, 0.25) is 0 Å². The molecule has 3 nitrogen and oxygen atoms in total. The van der Waals surface area contributed by atoms with Crippen molar-refractivity contribution in [3.8, 4) is 0 Å². The molecule has 0 unspecified atom stereocenters. The number of halogens is 1. The number of hydrogen-bond donors (Lipinski definition) is 0. The lowest BCUT2D eigenvalue weighted by atomic mass is 9.89. The normalized spacial score (nSPS) is 12.1. The van der Waals surface area contributed by atoms with Crippen LogP contribution in [0.2, 0.25) is 0 Å². The second-order valence-corrected chi connectivity index (χ2v) is 4.73. The van der Waals surface area contributed by atoms with Crippen LogP contribution in [0.5, 0.6) is 0 Å². The highest BCUT2D eigenvalue weighted by Crippen LogP contribution is 2.26. The number of nitrogens with zero attached hydrogens (tertiary/aromatic N) is 3. The Bertz CT molecular complexity index is 318. The zero-order valence-electron chi connectivity index (χ0n) is 10.0. The highest BCUT2D eigenvalue weighted by molar-refractivity contribution is 6.16. The summed E-state index contributed by atoms with van der Waals surface area (Å²) in [5.74, 6) is 2.38. The van der Waals surface area contributed by atoms with Gasteiger partial charge in [0.05, 0.1) is 5.88 Å². The second-order valence-electron chi connectivity index (χ2n) is 4.46. The van der Waals surface area contributed by atoms with Gasteiger partial charge in [0.1, 0.15) is 11.6 Å². The van der Waals surface area contributed by atoms with Crippen molar-refractivity contribution in [1.29, 1.82) is 0 Å². The first kappa shape index (κ1) is 12.5. The standard InChI is InChI=1S/C11H20ClN3/c1-5-7-15-9(8-12)13-14-10(15)11(3,4)6-2/h5-8H2,1-4H3. The monoisotopic (exact) mass is 229 g/mol. The maximum absolute atomic E-state index is 5.85. The first-order valence-electron chi connectivity index (χ1n) is 5.55. The fourth-order valence-corrected chi connectivity index (χ4v) is 1.75. The van der Waals surface area contributed by atoms with Crippen LogP contribution in [0.25, 0.3) is 0 Å². The zero-order valence-corrected chi connectivity index (χ0v) is 10.8. The molecule has 0 atom stereocenters. The molecule has 1 heterocycles. The van der Waals surface area contributed by atoms with E-state index >= 15 is 0 Å². The van der Waals surface area contributed by atoms with Crippen LogP contribution in [0.15, 0.2) is 0 Å². The summed E-state index contributed by atoms with van der Waals surface area (Å²) in [5, 5.41) is 8.43. The van der Waals surface area contributed by atoms with E-state index in [1.807, 2.05) is 0 Å². The molecular formula is C11H20ClN3. The molecule has 0 aliphatic rings. The average molecular weight is 230 g/mol. The van der Waals surface area contributed by atoms with Crippen LogP contribution in [0.4, 0.5) is 0 Å². The Morgan fingerprint density at radius 1 is 1.27 bits per heavy atom. The Balaban J connectivity index is 3.12. The van der Waals surface area contributed by atoms with Crippen LogP contribution in [0.3, 0.4) is 0 Å². The minimum atomic E-state index is 0.0759. The predicted molar refractivity (Wildman–Crippen MR) is 63.2 cm³/mol. The van der Waals surface area contributed by atoms with E-state index in [4.69, 9.17) is 11.6 Å². The van der Waals surface area contributed by atoms with Crippen LogP contribution >= 0.6 is 11.6 Å². The summed E-state index contributed by atoms with van der Waals surface area (Å²) in [7, 11) is 0. The van der Waals surface area contributed by atoms with Gasteiger partial charge >= 0.3 is 0 Å². The van der Waals surface area contributed by atoms with Crippen molar-refractivity contribution in [1.82, 2.24) is 14.8 Å². The first-order chi connectivity index (χ1) is 7.06. The highest BCUT2D eigenvalue weighted by atomic mass is 35.5. The summed E-state index contributed by atoms with van der Waals surface area (Å²) < 4.78 is 2.16. The van der Waals surface area contributed by atoms with E-state index in [0.29, 0.717) is 5.88 Å². The molecule has 0 amide bonds. The molecule has 0 saturated heterocycles. The maximum Gasteiger partial charge on any atom is 0.147 e. The summed E-state index contributed by atoms with van der Waals surface area (Å²) in [6.45, 7) is 9.67. The number of aromatic nitrogens is 3. The van der Waals surface area contributed by atoms with E-state index in [0.717, 1.165) is 31.0 Å². The molecule has 0 aliphatic heterocycles. The Hall–Kier alpha value is -0.570. The van der Waals surface area contributed by atoms with E-state index < -0.39 is 0 Å². The van der Waals surface area contributed by atoms with Crippen LogP contribution < -0.4 is 0 Å². The van der Waals surface area contributed by atoms with Crippen molar-refractivity contribution in [3.05, 3.63) is 11.6 Å². The SMILES string of the molecule is CCCn1c(CCl)nnc1C(C)(C)CC. The molecule has 1 aromatic rings. The third-order valence-corrected chi connectivity index (χ3v) is 3.12. The van der Waals surface area contributed by atoms with Gasteiger partial charge in [0.25, 0.3) is 0 Å². The molecule has 0 spiro atoms. The largest absolute Gasteiger partial charge is 0.314 e. The third-order valence-electron chi connectivity index (χ3n) is 2.88. The Labute approximate surface area is 96.8 Å². The van der Waals surface area contributed by atoms with Gasteiger partial charge < -0.3 is 4.57 Å². The van der Waals surface area contributed by atoms with Crippen molar-refractivity contribution < 1.29 is 0 Å². The van der Waals surface area contributed by atoms with Crippen LogP contribution in [0.1, 0.15) is 52.2 Å². The number of hydrogen-bond acceptors (Lipinski definition) is 2. The van der Waals surface area contributed by atoms with Crippen LogP contribution in [-0.2, 0) is 17.8 Å². The van der Waals surface area contributed by atoms with Crippen molar-refractivity contribution in [2.24, 2.45) is 0 Å². The Morgan fingerprint density at radius 2 is 1.93 bits per heavy atom. The van der Waals surface area contributed by atoms with Crippen molar-refractivity contribution in [2.45, 2.75) is 58.4 Å². The van der Waals surface area contributed by atoms with Gasteiger partial charge in [-0.15, -0.1) is 21.8 Å². The number of rotatable bonds is 5. The fraction of sp³-hybridized carbons (Fsp3) is 0.818. The quantitative estimate of drug-likeness (QED) is 0.727. The summed E-state index contributed by atoms with van der Waals surface area (Å²) in [5.41, 5.74) is 0.0759. The van der Waals surface area contributed by atoms with Gasteiger partial charge in [-0.2, -0.15) is 0 Å². The lowest BCUT2D eigenvalue weighted by Crippen LogP contribution is -2.22. The zero-order chi connectivity index (χ0) is 11.5. The smallest absolute Gasteiger partial charge is 0.147 e. The predicted octanol–water partition coefficient (Wildman–Crippen LogP) is 3.11. The van der Waals surface area contributed by atoms with Gasteiger partial charge in [0, 0.05) is 12.0 Å². The van der Waals surface area contributed by atoms with Crippen molar-refractivity contribution in [2.75, 3.05) is 0 Å². The van der Waals surface area contributed by atoms with E-state index in [1.165, 1.54) is 0 Å². The lowest BCUT2D eigenvalue weighted by molar-refractivity contribution is 0.437. The lowest BCUT2D eigenvalue weighted by Gasteiger charge is -2.22. The highest BCUT2D eigenvalue weighted by Gasteiger charge is 2.26. The second kappa shape index (κ2) is 4.97. The van der Waals surface area contributed by atoms with Crippen molar-refractivity contribution in [3.63, 3.8) is 0 Å². The molecule has 0 radical (unpaired) electrons. The Kier molecular flexibility index (Phi) is 4.14. The fourth-order valence-electron chi connectivity index (χ4n) is 1.55. The number of alkyl halides is 1. The molecule has 0 saturated carbocycles. The molecule has 15 heavy (non-hydrogen) atoms. The van der Waals surface area contributed by atoms with Crippen LogP contribution in [0, 0.1) is 0 Å². The van der Waals surface area contributed by atoms with Crippen LogP contribution in [-0.4, -0.2) is 14.8 Å². The van der Waals surface area contributed by atoms with Gasteiger partial charge in [0.15, 0.2) is 0 Å². The maximum atomic E-state index is 5.85. The molecule has 1 rings (SSSR count). The molecule has 4 heteroatoms. The molecular weight excluding hydrogens is 210 g/mol. The summed E-state index contributed by atoms with van der Waals surface area (Å²) in [6, 6.07) is 0. The minimum Gasteiger partial charge on any atom is -0.314 e. The molecule has 86 valence electrons. The van der Waals surface area contributed by atoms with Gasteiger partial charge in [-0.05, 0) is 12.8 Å². The molecule has 0 aromatic carbocycles. The summed E-state index contributed by atoms with van der Waals surface area (Å²) in [6.07, 6.45) is 2.13. The Morgan fingerprint density at radius 3 is 2.40 bits per heavy atom. The topological polar surface area (TPSA) is 30.7 Å². The molecule has 1 aromatic heterocycles. The average Bonchev–Trinajstić information content (AvgIpc) is 2.62. The molecule has 0 N–H and O–H groups in total.